The Kier molecular flexibility index (Phi) is 4.95. The molecular formula is C20H23FN2O6. The summed E-state index contributed by atoms with van der Waals surface area (Å²) >= 11 is 0. The molecule has 156 valence electrons. The number of hydrogen-bond donors (Lipinski definition) is 3. The first-order chi connectivity index (χ1) is 13.9. The standard InChI is InChI=1S/C20H23FN2O6/c1-29-19-16-13(18(26)14(20(27)28)7-23(16)12-2-3-12)4-15(21)17(19)22-5-10(8-24)11(6-22)9-25/h4,7,10-12,24-25H,2-3,5-6,8-9H2,1H3,(H,27,28)/t10-,11-/m1/s1. The highest BCUT2D eigenvalue weighted by Crippen LogP contribution is 2.45. The van der Waals surface area contributed by atoms with Crippen LogP contribution in [0.1, 0.15) is 29.2 Å². The number of methoxy groups -OCH3 is 1. The number of carboxylic acids is 1. The van der Waals surface area contributed by atoms with E-state index in [1.54, 1.807) is 9.47 Å². The molecule has 2 aliphatic rings. The SMILES string of the molecule is COc1c(N2C[C@H](CO)[C@@H](CO)C2)c(F)cc2c(=O)c(C(=O)O)cn(C3CC3)c12. The second-order valence-corrected chi connectivity index (χ2v) is 7.74. The summed E-state index contributed by atoms with van der Waals surface area (Å²) in [7, 11) is 1.38. The summed E-state index contributed by atoms with van der Waals surface area (Å²) in [4.78, 5) is 25.9. The number of carbonyl (C=O) groups is 1. The van der Waals surface area contributed by atoms with Gasteiger partial charge in [-0.05, 0) is 18.9 Å². The molecule has 8 nitrogen and oxygen atoms in total. The van der Waals surface area contributed by atoms with Crippen molar-refractivity contribution in [3.8, 4) is 5.75 Å². The van der Waals surface area contributed by atoms with E-state index in [-0.39, 0.29) is 47.9 Å². The molecule has 3 N–H and O–H groups in total. The number of fused-ring (bicyclic) bond motifs is 1. The first-order valence-corrected chi connectivity index (χ1v) is 9.56. The summed E-state index contributed by atoms with van der Waals surface area (Å²) in [6.07, 6.45) is 2.97. The first kappa shape index (κ1) is 19.7. The van der Waals surface area contributed by atoms with Gasteiger partial charge in [-0.3, -0.25) is 4.79 Å². The number of anilines is 1. The summed E-state index contributed by atoms with van der Waals surface area (Å²) in [5.74, 6) is -2.31. The normalized spacial score (nSPS) is 21.7. The summed E-state index contributed by atoms with van der Waals surface area (Å²) in [5.41, 5.74) is -0.628. The van der Waals surface area contributed by atoms with Crippen molar-refractivity contribution in [1.29, 1.82) is 0 Å². The quantitative estimate of drug-likeness (QED) is 0.661. The van der Waals surface area contributed by atoms with E-state index in [2.05, 4.69) is 0 Å². The number of pyridine rings is 1. The van der Waals surface area contributed by atoms with Gasteiger partial charge in [-0.1, -0.05) is 0 Å². The molecular weight excluding hydrogens is 383 g/mol. The smallest absolute Gasteiger partial charge is 0.341 e. The molecule has 1 aromatic carbocycles. The fraction of sp³-hybridized carbons (Fsp3) is 0.500. The largest absolute Gasteiger partial charge is 0.492 e. The lowest BCUT2D eigenvalue weighted by molar-refractivity contribution is 0.0694. The molecule has 2 atom stereocenters. The van der Waals surface area contributed by atoms with Gasteiger partial charge in [-0.25, -0.2) is 9.18 Å². The third-order valence-electron chi connectivity index (χ3n) is 5.93. The number of aliphatic hydroxyl groups is 2. The van der Waals surface area contributed by atoms with E-state index in [9.17, 15) is 24.9 Å². The number of benzene rings is 1. The molecule has 1 aliphatic carbocycles. The third-order valence-corrected chi connectivity index (χ3v) is 5.93. The van der Waals surface area contributed by atoms with Gasteiger partial charge in [0.2, 0.25) is 5.43 Å². The van der Waals surface area contributed by atoms with E-state index in [0.717, 1.165) is 18.9 Å². The number of nitrogens with zero attached hydrogens (tertiary/aromatic N) is 2. The summed E-state index contributed by atoms with van der Waals surface area (Å²) in [6, 6.07) is 1.10. The topological polar surface area (TPSA) is 112 Å². The van der Waals surface area contributed by atoms with E-state index in [0.29, 0.717) is 18.6 Å². The average molecular weight is 406 g/mol. The molecule has 0 spiro atoms. The molecule has 2 heterocycles. The van der Waals surface area contributed by atoms with Gasteiger partial charge in [0.25, 0.3) is 0 Å². The van der Waals surface area contributed by atoms with E-state index in [1.165, 1.54) is 13.3 Å². The van der Waals surface area contributed by atoms with Gasteiger partial charge in [0, 0.05) is 50.4 Å². The average Bonchev–Trinajstić information content (AvgIpc) is 3.46. The fourth-order valence-corrected chi connectivity index (χ4v) is 4.26. The summed E-state index contributed by atoms with van der Waals surface area (Å²) in [5, 5.41) is 28.5. The minimum Gasteiger partial charge on any atom is -0.492 e. The van der Waals surface area contributed by atoms with Crippen LogP contribution < -0.4 is 15.1 Å². The van der Waals surface area contributed by atoms with E-state index >= 15 is 4.39 Å². The zero-order valence-corrected chi connectivity index (χ0v) is 16.0. The molecule has 0 bridgehead atoms. The van der Waals surface area contributed by atoms with E-state index in [4.69, 9.17) is 4.74 Å². The highest BCUT2D eigenvalue weighted by molar-refractivity contribution is 5.97. The predicted octanol–water partition coefficient (Wildman–Crippen LogP) is 1.22. The maximum atomic E-state index is 15.2. The molecule has 4 rings (SSSR count). The monoisotopic (exact) mass is 406 g/mol. The first-order valence-electron chi connectivity index (χ1n) is 9.56. The van der Waals surface area contributed by atoms with Gasteiger partial charge < -0.3 is 29.5 Å². The maximum absolute atomic E-state index is 15.2. The number of hydrogen-bond acceptors (Lipinski definition) is 6. The number of ether oxygens (including phenoxy) is 1. The van der Waals surface area contributed by atoms with Crippen molar-refractivity contribution >= 4 is 22.6 Å². The van der Waals surface area contributed by atoms with Crippen LogP contribution in [0.3, 0.4) is 0 Å². The zero-order chi connectivity index (χ0) is 20.9. The molecule has 2 aromatic rings. The van der Waals surface area contributed by atoms with Crippen LogP contribution in [0.15, 0.2) is 17.1 Å². The van der Waals surface area contributed by atoms with Crippen LogP contribution in [-0.2, 0) is 0 Å². The van der Waals surface area contributed by atoms with Crippen LogP contribution in [0.25, 0.3) is 10.9 Å². The minimum atomic E-state index is -1.36. The second-order valence-electron chi connectivity index (χ2n) is 7.74. The molecule has 9 heteroatoms. The number of aromatic carboxylic acids is 1. The molecule has 1 saturated heterocycles. The van der Waals surface area contributed by atoms with Gasteiger partial charge in [-0.15, -0.1) is 0 Å². The molecule has 29 heavy (non-hydrogen) atoms. The van der Waals surface area contributed by atoms with E-state index < -0.39 is 22.8 Å². The van der Waals surface area contributed by atoms with Crippen LogP contribution >= 0.6 is 0 Å². The Morgan fingerprint density at radius 2 is 1.86 bits per heavy atom. The Hall–Kier alpha value is -2.65. The van der Waals surface area contributed by atoms with Gasteiger partial charge in [0.15, 0.2) is 11.6 Å². The molecule has 1 aromatic heterocycles. The Labute approximate surface area is 165 Å². The van der Waals surface area contributed by atoms with Crippen molar-refractivity contribution in [3.05, 3.63) is 33.9 Å². The Morgan fingerprint density at radius 3 is 2.34 bits per heavy atom. The fourth-order valence-electron chi connectivity index (χ4n) is 4.26. The van der Waals surface area contributed by atoms with Gasteiger partial charge >= 0.3 is 5.97 Å². The number of aliphatic hydroxyl groups excluding tert-OH is 2. The second kappa shape index (κ2) is 7.31. The molecule has 1 saturated carbocycles. The van der Waals surface area contributed by atoms with Crippen molar-refractivity contribution in [2.45, 2.75) is 18.9 Å². The molecule has 1 aliphatic heterocycles. The van der Waals surface area contributed by atoms with Crippen molar-refractivity contribution in [2.24, 2.45) is 11.8 Å². The van der Waals surface area contributed by atoms with Gasteiger partial charge in [-0.2, -0.15) is 0 Å². The van der Waals surface area contributed by atoms with Crippen LogP contribution in [0.2, 0.25) is 0 Å². The Bertz CT molecular complexity index is 1020. The number of rotatable bonds is 6. The third kappa shape index (κ3) is 3.14. The van der Waals surface area contributed by atoms with Crippen LogP contribution in [0, 0.1) is 17.7 Å². The van der Waals surface area contributed by atoms with Gasteiger partial charge in [0.05, 0.1) is 18.0 Å². The Morgan fingerprint density at radius 1 is 1.24 bits per heavy atom. The lowest BCUT2D eigenvalue weighted by Crippen LogP contribution is -2.24. The molecule has 0 unspecified atom stereocenters. The molecule has 0 amide bonds. The van der Waals surface area contributed by atoms with Crippen molar-refractivity contribution in [3.63, 3.8) is 0 Å². The molecule has 0 radical (unpaired) electrons. The van der Waals surface area contributed by atoms with Gasteiger partial charge in [0.1, 0.15) is 11.3 Å². The van der Waals surface area contributed by atoms with E-state index in [1.807, 2.05) is 0 Å². The zero-order valence-electron chi connectivity index (χ0n) is 16.0. The summed E-state index contributed by atoms with van der Waals surface area (Å²) in [6.45, 7) is 0.407. The highest BCUT2D eigenvalue weighted by Gasteiger charge is 2.36. The highest BCUT2D eigenvalue weighted by atomic mass is 19.1. The van der Waals surface area contributed by atoms with Crippen LogP contribution in [0.5, 0.6) is 5.75 Å². The predicted molar refractivity (Wildman–Crippen MR) is 103 cm³/mol. The number of carboxylic acid groups (broad SMARTS) is 1. The maximum Gasteiger partial charge on any atom is 0.341 e. The van der Waals surface area contributed by atoms with Crippen LogP contribution in [0.4, 0.5) is 10.1 Å². The number of halogens is 1. The number of aromatic nitrogens is 1. The van der Waals surface area contributed by atoms with Crippen molar-refractivity contribution in [2.75, 3.05) is 38.3 Å². The van der Waals surface area contributed by atoms with Crippen molar-refractivity contribution in [1.82, 2.24) is 4.57 Å². The summed E-state index contributed by atoms with van der Waals surface area (Å²) < 4.78 is 22.4. The molecule has 2 fully saturated rings. The Balaban J connectivity index is 1.97. The lowest BCUT2D eigenvalue weighted by atomic mass is 9.98. The minimum absolute atomic E-state index is 0.0253. The van der Waals surface area contributed by atoms with Crippen LogP contribution in [-0.4, -0.2) is 59.3 Å². The lowest BCUT2D eigenvalue weighted by Gasteiger charge is -2.24. The van der Waals surface area contributed by atoms with Crippen molar-refractivity contribution < 1.29 is 29.2 Å².